The van der Waals surface area contributed by atoms with Crippen LogP contribution in [0.5, 0.6) is 0 Å². The van der Waals surface area contributed by atoms with Gasteiger partial charge in [0.2, 0.25) is 10.0 Å². The molecule has 1 heterocycles. The maximum atomic E-state index is 12.4. The van der Waals surface area contributed by atoms with Gasteiger partial charge in [-0.2, -0.15) is 0 Å². The van der Waals surface area contributed by atoms with E-state index >= 15 is 0 Å². The number of rotatable bonds is 4. The van der Waals surface area contributed by atoms with Gasteiger partial charge in [0.05, 0.1) is 17.6 Å². The average Bonchev–Trinajstić information content (AvgIpc) is 2.46. The lowest BCUT2D eigenvalue weighted by Crippen LogP contribution is -2.45. The second-order valence-electron chi connectivity index (χ2n) is 4.83. The number of nitrogens with one attached hydrogen (secondary N) is 2. The van der Waals surface area contributed by atoms with Crippen LogP contribution in [-0.4, -0.2) is 40.6 Å². The molecular weight excluding hydrogens is 351 g/mol. The van der Waals surface area contributed by atoms with Crippen LogP contribution in [0.4, 0.5) is 0 Å². The minimum absolute atomic E-state index is 0. The summed E-state index contributed by atoms with van der Waals surface area (Å²) in [6, 6.07) is 3.78. The van der Waals surface area contributed by atoms with Crippen molar-refractivity contribution in [2.75, 3.05) is 20.2 Å². The average molecular weight is 369 g/mol. The van der Waals surface area contributed by atoms with Gasteiger partial charge < -0.3 is 10.1 Å². The van der Waals surface area contributed by atoms with Crippen LogP contribution in [-0.2, 0) is 14.8 Å². The largest absolute Gasteiger partial charge is 0.465 e. The van der Waals surface area contributed by atoms with Crippen LogP contribution < -0.4 is 10.0 Å². The molecule has 6 nitrogen and oxygen atoms in total. The van der Waals surface area contributed by atoms with E-state index in [4.69, 9.17) is 11.6 Å². The van der Waals surface area contributed by atoms with Crippen LogP contribution >= 0.6 is 24.0 Å². The van der Waals surface area contributed by atoms with E-state index < -0.39 is 16.0 Å². The number of piperidine rings is 1. The van der Waals surface area contributed by atoms with Crippen LogP contribution in [0.2, 0.25) is 5.02 Å². The van der Waals surface area contributed by atoms with Crippen LogP contribution in [0, 0.1) is 0 Å². The lowest BCUT2D eigenvalue weighted by atomic mass is 10.1. The molecule has 1 unspecified atom stereocenters. The number of hydrogen-bond donors (Lipinski definition) is 2. The van der Waals surface area contributed by atoms with Crippen molar-refractivity contribution in [2.24, 2.45) is 0 Å². The topological polar surface area (TPSA) is 84.5 Å². The predicted molar refractivity (Wildman–Crippen MR) is 86.3 cm³/mol. The summed E-state index contributed by atoms with van der Waals surface area (Å²) in [5, 5.41) is 3.30. The van der Waals surface area contributed by atoms with Gasteiger partial charge >= 0.3 is 5.97 Å². The predicted octanol–water partition coefficient (Wildman–Crippen LogP) is 1.58. The number of benzene rings is 1. The fraction of sp³-hybridized carbons (Fsp3) is 0.462. The first kappa shape index (κ1) is 19.2. The number of carbonyl (C=O) groups excluding carboxylic acids is 1. The van der Waals surface area contributed by atoms with Crippen molar-refractivity contribution in [3.05, 3.63) is 28.8 Å². The molecule has 1 saturated heterocycles. The highest BCUT2D eigenvalue weighted by Gasteiger charge is 2.23. The molecule has 124 valence electrons. The van der Waals surface area contributed by atoms with Crippen molar-refractivity contribution in [3.63, 3.8) is 0 Å². The third kappa shape index (κ3) is 4.82. The molecule has 0 saturated carbocycles. The zero-order valence-electron chi connectivity index (χ0n) is 12.0. The van der Waals surface area contributed by atoms with Gasteiger partial charge in [0.15, 0.2) is 0 Å². The number of esters is 1. The summed E-state index contributed by atoms with van der Waals surface area (Å²) in [7, 11) is -2.50. The first-order valence-corrected chi connectivity index (χ1v) is 8.40. The Labute approximate surface area is 141 Å². The zero-order valence-corrected chi connectivity index (χ0v) is 14.4. The Kier molecular flexibility index (Phi) is 7.08. The fourth-order valence-corrected chi connectivity index (χ4v) is 3.83. The smallest absolute Gasteiger partial charge is 0.337 e. The summed E-state index contributed by atoms with van der Waals surface area (Å²) in [4.78, 5) is 11.5. The number of methoxy groups -OCH3 is 1. The summed E-state index contributed by atoms with van der Waals surface area (Å²) in [6.07, 6.45) is 1.69. The minimum Gasteiger partial charge on any atom is -0.465 e. The quantitative estimate of drug-likeness (QED) is 0.788. The SMILES string of the molecule is COC(=O)c1cc(Cl)cc(S(=O)(=O)NC2CCCNC2)c1.Cl. The van der Waals surface area contributed by atoms with Crippen LogP contribution in [0.25, 0.3) is 0 Å². The van der Waals surface area contributed by atoms with E-state index in [9.17, 15) is 13.2 Å². The van der Waals surface area contributed by atoms with Crippen LogP contribution in [0.3, 0.4) is 0 Å². The maximum absolute atomic E-state index is 12.4. The summed E-state index contributed by atoms with van der Waals surface area (Å²) in [5.74, 6) is -0.631. The van der Waals surface area contributed by atoms with Crippen molar-refractivity contribution in [1.29, 1.82) is 0 Å². The van der Waals surface area contributed by atoms with Crippen molar-refractivity contribution in [3.8, 4) is 0 Å². The van der Waals surface area contributed by atoms with Gasteiger partial charge in [-0.25, -0.2) is 17.9 Å². The summed E-state index contributed by atoms with van der Waals surface area (Å²) < 4.78 is 31.9. The number of hydrogen-bond acceptors (Lipinski definition) is 5. The van der Waals surface area contributed by atoms with E-state index in [0.29, 0.717) is 6.54 Å². The Bertz CT molecular complexity index is 631. The molecule has 2 rings (SSSR count). The molecule has 22 heavy (non-hydrogen) atoms. The lowest BCUT2D eigenvalue weighted by Gasteiger charge is -2.23. The molecule has 0 bridgehead atoms. The molecular formula is C13H18Cl2N2O4S. The summed E-state index contributed by atoms with van der Waals surface area (Å²) in [6.45, 7) is 1.48. The first-order chi connectivity index (χ1) is 9.92. The molecule has 1 aromatic rings. The Hall–Kier alpha value is -0.860. The highest BCUT2D eigenvalue weighted by molar-refractivity contribution is 7.89. The second-order valence-corrected chi connectivity index (χ2v) is 6.98. The van der Waals surface area contributed by atoms with Gasteiger partial charge in [-0.1, -0.05) is 11.6 Å². The molecule has 0 radical (unpaired) electrons. The van der Waals surface area contributed by atoms with E-state index in [1.54, 1.807) is 0 Å². The van der Waals surface area contributed by atoms with E-state index in [0.717, 1.165) is 19.4 Å². The molecule has 1 aliphatic heterocycles. The first-order valence-electron chi connectivity index (χ1n) is 6.54. The number of ether oxygens (including phenoxy) is 1. The standard InChI is InChI=1S/C13H17ClN2O4S.ClH/c1-20-13(17)9-5-10(14)7-12(6-9)21(18,19)16-11-3-2-4-15-8-11;/h5-7,11,15-16H,2-4,8H2,1H3;1H. The van der Waals surface area contributed by atoms with Crippen molar-refractivity contribution in [1.82, 2.24) is 10.0 Å². The van der Waals surface area contributed by atoms with E-state index in [-0.39, 0.29) is 33.9 Å². The monoisotopic (exact) mass is 368 g/mol. The van der Waals surface area contributed by atoms with Gasteiger partial charge in [-0.3, -0.25) is 0 Å². The van der Waals surface area contributed by atoms with E-state index in [1.165, 1.54) is 25.3 Å². The van der Waals surface area contributed by atoms with E-state index in [1.807, 2.05) is 0 Å². The lowest BCUT2D eigenvalue weighted by molar-refractivity contribution is 0.0600. The third-order valence-electron chi connectivity index (χ3n) is 3.22. The Morgan fingerprint density at radius 1 is 1.41 bits per heavy atom. The van der Waals surface area contributed by atoms with Gasteiger partial charge in [-0.05, 0) is 37.6 Å². The zero-order chi connectivity index (χ0) is 15.5. The van der Waals surface area contributed by atoms with Gasteiger partial charge in [0.25, 0.3) is 0 Å². The normalized spacial score (nSPS) is 18.4. The van der Waals surface area contributed by atoms with Crippen LogP contribution in [0.1, 0.15) is 23.2 Å². The fourth-order valence-electron chi connectivity index (χ4n) is 2.19. The Morgan fingerprint density at radius 2 is 2.14 bits per heavy atom. The highest BCUT2D eigenvalue weighted by Crippen LogP contribution is 2.20. The summed E-state index contributed by atoms with van der Waals surface area (Å²) in [5.41, 5.74) is 0.104. The number of carbonyl (C=O) groups is 1. The second kappa shape index (κ2) is 8.12. The van der Waals surface area contributed by atoms with Gasteiger partial charge in [0.1, 0.15) is 0 Å². The Balaban J connectivity index is 0.00000242. The number of sulfonamides is 1. The molecule has 2 N–H and O–H groups in total. The Morgan fingerprint density at radius 3 is 2.73 bits per heavy atom. The molecule has 0 aliphatic carbocycles. The van der Waals surface area contributed by atoms with Gasteiger partial charge in [0, 0.05) is 17.6 Å². The summed E-state index contributed by atoms with van der Waals surface area (Å²) >= 11 is 5.89. The van der Waals surface area contributed by atoms with Crippen LogP contribution in [0.15, 0.2) is 23.1 Å². The molecule has 1 fully saturated rings. The molecule has 0 spiro atoms. The molecule has 1 atom stereocenters. The molecule has 0 aromatic heterocycles. The molecule has 1 aromatic carbocycles. The van der Waals surface area contributed by atoms with Gasteiger partial charge in [-0.15, -0.1) is 12.4 Å². The minimum atomic E-state index is -3.73. The highest BCUT2D eigenvalue weighted by atomic mass is 35.5. The van der Waals surface area contributed by atoms with Crippen molar-refractivity contribution in [2.45, 2.75) is 23.8 Å². The van der Waals surface area contributed by atoms with E-state index in [2.05, 4.69) is 14.8 Å². The molecule has 9 heteroatoms. The third-order valence-corrected chi connectivity index (χ3v) is 4.94. The molecule has 1 aliphatic rings. The number of halogens is 2. The van der Waals surface area contributed by atoms with Crippen molar-refractivity contribution >= 4 is 40.0 Å². The maximum Gasteiger partial charge on any atom is 0.337 e. The molecule has 0 amide bonds. The van der Waals surface area contributed by atoms with Crippen molar-refractivity contribution < 1.29 is 17.9 Å².